The molecular formula is C17H24F3N3O. The Balaban J connectivity index is 1.69. The summed E-state index contributed by atoms with van der Waals surface area (Å²) >= 11 is 0. The lowest BCUT2D eigenvalue weighted by molar-refractivity contribution is -0.141. The zero-order valence-electron chi connectivity index (χ0n) is 14.1. The number of nitrogens with one attached hydrogen (secondary N) is 1. The molecule has 0 bridgehead atoms. The molecule has 2 fully saturated rings. The van der Waals surface area contributed by atoms with Gasteiger partial charge < -0.3 is 5.32 Å². The van der Waals surface area contributed by atoms with Crippen molar-refractivity contribution < 1.29 is 18.0 Å². The van der Waals surface area contributed by atoms with Gasteiger partial charge in [-0.3, -0.25) is 9.48 Å². The van der Waals surface area contributed by atoms with Crippen molar-refractivity contribution in [3.05, 3.63) is 17.5 Å². The summed E-state index contributed by atoms with van der Waals surface area (Å²) in [5.74, 6) is 0.788. The third-order valence-electron chi connectivity index (χ3n) is 5.44. The standard InChI is InChI=1S/C17H24F3N3O/c1-10-4-3-5-13(11(10)2)21-16(24)9-23-14(12-6-7-12)8-15(22-23)17(18,19)20/h8,10-13H,3-7,9H2,1-2H3,(H,21,24)/t10-,11-,13+/m1/s1. The summed E-state index contributed by atoms with van der Waals surface area (Å²) in [6, 6.07) is 1.19. The van der Waals surface area contributed by atoms with Crippen LogP contribution in [-0.4, -0.2) is 21.7 Å². The van der Waals surface area contributed by atoms with Crippen LogP contribution in [0.3, 0.4) is 0 Å². The summed E-state index contributed by atoms with van der Waals surface area (Å²) in [7, 11) is 0. The van der Waals surface area contributed by atoms with E-state index in [1.807, 2.05) is 0 Å². The molecule has 0 spiro atoms. The minimum atomic E-state index is -4.47. The van der Waals surface area contributed by atoms with Crippen LogP contribution in [0.4, 0.5) is 13.2 Å². The monoisotopic (exact) mass is 343 g/mol. The molecule has 134 valence electrons. The van der Waals surface area contributed by atoms with Crippen molar-refractivity contribution in [2.24, 2.45) is 11.8 Å². The van der Waals surface area contributed by atoms with Gasteiger partial charge in [0, 0.05) is 17.7 Å². The van der Waals surface area contributed by atoms with Gasteiger partial charge in [-0.15, -0.1) is 0 Å². The molecular weight excluding hydrogens is 319 g/mol. The quantitative estimate of drug-likeness (QED) is 0.906. The van der Waals surface area contributed by atoms with Crippen LogP contribution in [0.25, 0.3) is 0 Å². The summed E-state index contributed by atoms with van der Waals surface area (Å²) in [6.07, 6.45) is 0.416. The van der Waals surface area contributed by atoms with Gasteiger partial charge in [-0.25, -0.2) is 0 Å². The van der Waals surface area contributed by atoms with Crippen LogP contribution in [0.1, 0.15) is 63.3 Å². The number of carbonyl (C=O) groups excluding carboxylic acids is 1. The maximum absolute atomic E-state index is 12.9. The summed E-state index contributed by atoms with van der Waals surface area (Å²) in [4.78, 5) is 12.3. The molecule has 1 aromatic rings. The Morgan fingerprint density at radius 3 is 2.62 bits per heavy atom. The highest BCUT2D eigenvalue weighted by Crippen LogP contribution is 2.42. The number of hydrogen-bond donors (Lipinski definition) is 1. The first kappa shape index (κ1) is 17.3. The normalized spacial score (nSPS) is 28.0. The van der Waals surface area contributed by atoms with Gasteiger partial charge in [0.05, 0.1) is 0 Å². The molecule has 0 radical (unpaired) electrons. The highest BCUT2D eigenvalue weighted by Gasteiger charge is 2.38. The first-order chi connectivity index (χ1) is 11.3. The first-order valence-electron chi connectivity index (χ1n) is 8.70. The predicted molar refractivity (Wildman–Crippen MR) is 83.3 cm³/mol. The van der Waals surface area contributed by atoms with Crippen molar-refractivity contribution in [3.8, 4) is 0 Å². The summed E-state index contributed by atoms with van der Waals surface area (Å²) in [6.45, 7) is 4.16. The Kier molecular flexibility index (Phi) is 4.62. The number of nitrogens with zero attached hydrogens (tertiary/aromatic N) is 2. The fraction of sp³-hybridized carbons (Fsp3) is 0.765. The van der Waals surface area contributed by atoms with E-state index in [9.17, 15) is 18.0 Å². The third-order valence-corrected chi connectivity index (χ3v) is 5.44. The molecule has 2 aliphatic carbocycles. The molecule has 0 saturated heterocycles. The van der Waals surface area contributed by atoms with E-state index in [2.05, 4.69) is 24.3 Å². The molecule has 0 aliphatic heterocycles. The van der Waals surface area contributed by atoms with E-state index in [-0.39, 0.29) is 24.4 Å². The van der Waals surface area contributed by atoms with E-state index in [4.69, 9.17) is 0 Å². The first-order valence-corrected chi connectivity index (χ1v) is 8.70. The van der Waals surface area contributed by atoms with E-state index >= 15 is 0 Å². The number of aromatic nitrogens is 2. The van der Waals surface area contributed by atoms with Gasteiger partial charge in [0.15, 0.2) is 5.69 Å². The van der Waals surface area contributed by atoms with E-state index in [1.54, 1.807) is 0 Å². The molecule has 1 N–H and O–H groups in total. The topological polar surface area (TPSA) is 46.9 Å². The maximum atomic E-state index is 12.9. The van der Waals surface area contributed by atoms with Crippen molar-refractivity contribution in [1.82, 2.24) is 15.1 Å². The van der Waals surface area contributed by atoms with Crippen molar-refractivity contribution in [3.63, 3.8) is 0 Å². The molecule has 2 aliphatic rings. The Morgan fingerprint density at radius 1 is 1.29 bits per heavy atom. The second kappa shape index (κ2) is 6.41. The van der Waals surface area contributed by atoms with Gasteiger partial charge in [-0.2, -0.15) is 18.3 Å². The molecule has 0 unspecified atom stereocenters. The van der Waals surface area contributed by atoms with E-state index in [0.29, 0.717) is 17.5 Å². The van der Waals surface area contributed by atoms with E-state index in [1.165, 1.54) is 4.68 Å². The smallest absolute Gasteiger partial charge is 0.351 e. The number of halogens is 3. The number of amides is 1. The fourth-order valence-electron chi connectivity index (χ4n) is 3.58. The molecule has 1 heterocycles. The molecule has 3 atom stereocenters. The molecule has 24 heavy (non-hydrogen) atoms. The second-order valence-electron chi connectivity index (χ2n) is 7.33. The summed E-state index contributed by atoms with van der Waals surface area (Å²) < 4.78 is 39.9. The molecule has 1 aromatic heterocycles. The maximum Gasteiger partial charge on any atom is 0.435 e. The average Bonchev–Trinajstić information content (AvgIpc) is 3.24. The Hall–Kier alpha value is -1.53. The summed E-state index contributed by atoms with van der Waals surface area (Å²) in [5.41, 5.74) is -0.376. The van der Waals surface area contributed by atoms with Crippen LogP contribution in [0, 0.1) is 11.8 Å². The van der Waals surface area contributed by atoms with E-state index in [0.717, 1.165) is 38.2 Å². The highest BCUT2D eigenvalue weighted by molar-refractivity contribution is 5.76. The predicted octanol–water partition coefficient (Wildman–Crippen LogP) is 3.72. The number of rotatable bonds is 4. The third kappa shape index (κ3) is 3.75. The fourth-order valence-corrected chi connectivity index (χ4v) is 3.58. The van der Waals surface area contributed by atoms with Crippen molar-refractivity contribution >= 4 is 5.91 Å². The Morgan fingerprint density at radius 2 is 2.00 bits per heavy atom. The van der Waals surface area contributed by atoms with Crippen LogP contribution in [0.5, 0.6) is 0 Å². The molecule has 4 nitrogen and oxygen atoms in total. The van der Waals surface area contributed by atoms with Gasteiger partial charge in [-0.1, -0.05) is 26.7 Å². The zero-order valence-corrected chi connectivity index (χ0v) is 14.1. The van der Waals surface area contributed by atoms with Crippen molar-refractivity contribution in [2.45, 2.75) is 70.6 Å². The van der Waals surface area contributed by atoms with Gasteiger partial charge in [0.25, 0.3) is 0 Å². The van der Waals surface area contributed by atoms with Crippen LogP contribution >= 0.6 is 0 Å². The van der Waals surface area contributed by atoms with E-state index < -0.39 is 11.9 Å². The Bertz CT molecular complexity index is 607. The molecule has 2 saturated carbocycles. The SMILES string of the molecule is C[C@@H]1[C@H](C)CCC[C@@H]1NC(=O)Cn1nc(C(F)(F)F)cc1C1CC1. The highest BCUT2D eigenvalue weighted by atomic mass is 19.4. The van der Waals surface area contributed by atoms with Gasteiger partial charge in [0.2, 0.25) is 5.91 Å². The molecule has 3 rings (SSSR count). The van der Waals surface area contributed by atoms with Crippen molar-refractivity contribution in [1.29, 1.82) is 0 Å². The zero-order chi connectivity index (χ0) is 17.5. The lowest BCUT2D eigenvalue weighted by atomic mass is 9.78. The average molecular weight is 343 g/mol. The van der Waals surface area contributed by atoms with Crippen LogP contribution < -0.4 is 5.32 Å². The van der Waals surface area contributed by atoms with Crippen LogP contribution in [0.15, 0.2) is 6.07 Å². The minimum absolute atomic E-state index is 0.100. The lowest BCUT2D eigenvalue weighted by Gasteiger charge is -2.34. The molecule has 7 heteroatoms. The van der Waals surface area contributed by atoms with Crippen LogP contribution in [-0.2, 0) is 17.5 Å². The minimum Gasteiger partial charge on any atom is -0.351 e. The number of hydrogen-bond acceptors (Lipinski definition) is 2. The van der Waals surface area contributed by atoms with Crippen molar-refractivity contribution in [2.75, 3.05) is 0 Å². The van der Waals surface area contributed by atoms with Gasteiger partial charge >= 0.3 is 6.18 Å². The Labute approximate surface area is 139 Å². The van der Waals surface area contributed by atoms with Gasteiger partial charge in [-0.05, 0) is 37.2 Å². The lowest BCUT2D eigenvalue weighted by Crippen LogP contribution is -2.45. The number of alkyl halides is 3. The number of carbonyl (C=O) groups is 1. The van der Waals surface area contributed by atoms with Gasteiger partial charge in [0.1, 0.15) is 6.54 Å². The largest absolute Gasteiger partial charge is 0.435 e. The molecule has 0 aromatic carbocycles. The second-order valence-corrected chi connectivity index (χ2v) is 7.33. The van der Waals surface area contributed by atoms with Crippen LogP contribution in [0.2, 0.25) is 0 Å². The molecule has 1 amide bonds. The summed E-state index contributed by atoms with van der Waals surface area (Å²) in [5, 5.41) is 6.64.